The van der Waals surface area contributed by atoms with E-state index in [2.05, 4.69) is 12.1 Å². The number of ether oxygens (including phenoxy) is 2. The molecular weight excluding hydrogens is 394 g/mol. The second-order valence-corrected chi connectivity index (χ2v) is 9.34. The van der Waals surface area contributed by atoms with Gasteiger partial charge in [-0.2, -0.15) is 0 Å². The molecule has 1 fully saturated rings. The van der Waals surface area contributed by atoms with Crippen LogP contribution in [-0.2, 0) is 18.4 Å². The second-order valence-electron chi connectivity index (χ2n) is 6.40. The molecule has 7 heteroatoms. The van der Waals surface area contributed by atoms with Crippen molar-refractivity contribution < 1.29 is 19.1 Å². The van der Waals surface area contributed by atoms with E-state index in [1.54, 1.807) is 29.6 Å². The number of hydrogen-bond donors (Lipinski definition) is 1. The summed E-state index contributed by atoms with van der Waals surface area (Å²) in [6.07, 6.45) is 0.609. The Hall–Kier alpha value is -2.12. The number of benzene rings is 2. The number of hydrogen-bond acceptors (Lipinski definition) is 6. The Balaban J connectivity index is 2.03. The zero-order valence-electron chi connectivity index (χ0n) is 15.6. The fraction of sp³-hybridized carbons (Fsp3) is 0.333. The topological polar surface area (TPSA) is 78.6 Å². The average Bonchev–Trinajstić information content (AvgIpc) is 2.72. The van der Waals surface area contributed by atoms with E-state index < -0.39 is 16.1 Å². The third kappa shape index (κ3) is 4.83. The fourth-order valence-corrected chi connectivity index (χ4v) is 6.62. The van der Waals surface area contributed by atoms with Gasteiger partial charge in [0.25, 0.3) is 5.91 Å². The summed E-state index contributed by atoms with van der Waals surface area (Å²) in [4.78, 5) is 23.1. The van der Waals surface area contributed by atoms with Crippen molar-refractivity contribution in [2.75, 3.05) is 18.1 Å². The first-order valence-corrected chi connectivity index (χ1v) is 11.0. The lowest BCUT2D eigenvalue weighted by Gasteiger charge is -2.42. The Morgan fingerprint density at radius 3 is 2.46 bits per heavy atom. The van der Waals surface area contributed by atoms with Crippen LogP contribution in [0.3, 0.4) is 0 Å². The maximum atomic E-state index is 12.0. The number of nitrogens with two attached hydrogens (primary N) is 1. The van der Waals surface area contributed by atoms with Crippen LogP contribution in [0.1, 0.15) is 30.6 Å². The van der Waals surface area contributed by atoms with Gasteiger partial charge in [-0.05, 0) is 41.2 Å². The summed E-state index contributed by atoms with van der Waals surface area (Å²) in [5.41, 5.74) is 7.11. The first-order valence-electron chi connectivity index (χ1n) is 9.03. The molecule has 0 aliphatic carbocycles. The lowest BCUT2D eigenvalue weighted by molar-refractivity contribution is -0.147. The van der Waals surface area contributed by atoms with Gasteiger partial charge in [0.15, 0.2) is 12.7 Å². The Morgan fingerprint density at radius 1 is 1.11 bits per heavy atom. The molecule has 0 spiro atoms. The van der Waals surface area contributed by atoms with Gasteiger partial charge in [-0.25, -0.2) is 0 Å². The van der Waals surface area contributed by atoms with Crippen molar-refractivity contribution in [3.05, 3.63) is 65.7 Å². The molecule has 0 bridgehead atoms. The smallest absolute Gasteiger partial charge is 0.303 e. The number of amides is 1. The molecule has 3 rings (SSSR count). The van der Waals surface area contributed by atoms with Gasteiger partial charge in [0.2, 0.25) is 0 Å². The monoisotopic (exact) mass is 417 g/mol. The van der Waals surface area contributed by atoms with Gasteiger partial charge in [-0.3, -0.25) is 9.59 Å². The number of thioether (sulfide) groups is 2. The van der Waals surface area contributed by atoms with Crippen molar-refractivity contribution in [1.82, 2.24) is 0 Å². The Labute approximate surface area is 173 Å². The Bertz CT molecular complexity index is 822. The maximum absolute atomic E-state index is 12.0. The number of carbonyl (C=O) groups is 2. The molecule has 2 N–H and O–H groups in total. The molecule has 5 nitrogen and oxygen atoms in total. The summed E-state index contributed by atoms with van der Waals surface area (Å²) in [5, 5.41) is 0. The first kappa shape index (κ1) is 20.6. The van der Waals surface area contributed by atoms with Gasteiger partial charge in [0.05, 0.1) is 0 Å². The highest BCUT2D eigenvalue weighted by molar-refractivity contribution is 8.18. The number of carbonyl (C=O) groups excluding carboxylic acids is 2. The minimum absolute atomic E-state index is 0.199. The standard InChI is InChI=1S/C21H23NO4S2/c1-15(23)26-20(16-7-5-10-18(13-16)25-14-19(22)24)21(27-11-6-12-28-21)17-8-3-2-4-9-17/h2-5,7-10,13,20H,6,11-12,14H2,1H3,(H2,22,24). The van der Waals surface area contributed by atoms with Crippen molar-refractivity contribution in [3.63, 3.8) is 0 Å². The molecule has 1 unspecified atom stereocenters. The van der Waals surface area contributed by atoms with Gasteiger partial charge in [0.1, 0.15) is 9.83 Å². The molecule has 1 aliphatic rings. The Morgan fingerprint density at radius 2 is 1.82 bits per heavy atom. The number of esters is 1. The SMILES string of the molecule is CC(=O)OC(c1cccc(OCC(N)=O)c1)C1(c2ccccc2)SCCCS1. The van der Waals surface area contributed by atoms with Crippen molar-refractivity contribution in [1.29, 1.82) is 0 Å². The minimum atomic E-state index is -0.541. The van der Waals surface area contributed by atoms with Gasteiger partial charge >= 0.3 is 5.97 Å². The van der Waals surface area contributed by atoms with E-state index >= 15 is 0 Å². The summed E-state index contributed by atoms with van der Waals surface area (Å²) >= 11 is 3.61. The van der Waals surface area contributed by atoms with E-state index in [1.807, 2.05) is 36.4 Å². The lowest BCUT2D eigenvalue weighted by atomic mass is 9.99. The number of primary amides is 1. The van der Waals surface area contributed by atoms with Crippen molar-refractivity contribution in [3.8, 4) is 5.75 Å². The van der Waals surface area contributed by atoms with Crippen LogP contribution in [0.4, 0.5) is 0 Å². The number of rotatable bonds is 7. The van der Waals surface area contributed by atoms with Crippen LogP contribution in [-0.4, -0.2) is 30.0 Å². The lowest BCUT2D eigenvalue weighted by Crippen LogP contribution is -2.33. The molecule has 0 radical (unpaired) electrons. The maximum Gasteiger partial charge on any atom is 0.303 e. The third-order valence-corrected chi connectivity index (χ3v) is 7.72. The molecule has 1 saturated heterocycles. The zero-order valence-corrected chi connectivity index (χ0v) is 17.3. The van der Waals surface area contributed by atoms with Crippen LogP contribution in [0.2, 0.25) is 0 Å². The summed E-state index contributed by atoms with van der Waals surface area (Å²) in [6, 6.07) is 17.5. The van der Waals surface area contributed by atoms with E-state index in [1.165, 1.54) is 6.92 Å². The summed E-state index contributed by atoms with van der Waals surface area (Å²) in [6.45, 7) is 1.23. The van der Waals surface area contributed by atoms with Crippen LogP contribution in [0.5, 0.6) is 5.75 Å². The average molecular weight is 418 g/mol. The predicted octanol–water partition coefficient (Wildman–Crippen LogP) is 3.88. The summed E-state index contributed by atoms with van der Waals surface area (Å²) in [5.74, 6) is 1.61. The first-order chi connectivity index (χ1) is 13.5. The van der Waals surface area contributed by atoms with Gasteiger partial charge in [-0.1, -0.05) is 42.5 Å². The van der Waals surface area contributed by atoms with E-state index in [0.29, 0.717) is 5.75 Å². The van der Waals surface area contributed by atoms with E-state index in [0.717, 1.165) is 29.1 Å². The minimum Gasteiger partial charge on any atom is -0.484 e. The largest absolute Gasteiger partial charge is 0.484 e. The van der Waals surface area contributed by atoms with Gasteiger partial charge in [0, 0.05) is 6.92 Å². The van der Waals surface area contributed by atoms with Crippen molar-refractivity contribution >= 4 is 35.4 Å². The van der Waals surface area contributed by atoms with Crippen LogP contribution in [0, 0.1) is 0 Å². The Kier molecular flexibility index (Phi) is 6.91. The highest BCUT2D eigenvalue weighted by atomic mass is 32.2. The normalized spacial score (nSPS) is 16.8. The van der Waals surface area contributed by atoms with Crippen molar-refractivity contribution in [2.45, 2.75) is 23.5 Å². The molecule has 1 amide bonds. The molecule has 1 aliphatic heterocycles. The van der Waals surface area contributed by atoms with E-state index in [4.69, 9.17) is 15.2 Å². The highest BCUT2D eigenvalue weighted by Crippen LogP contribution is 2.58. The molecule has 1 atom stereocenters. The molecule has 1 heterocycles. The van der Waals surface area contributed by atoms with Crippen LogP contribution < -0.4 is 10.5 Å². The highest BCUT2D eigenvalue weighted by Gasteiger charge is 2.46. The summed E-state index contributed by atoms with van der Waals surface area (Å²) in [7, 11) is 0. The zero-order chi connectivity index (χ0) is 20.0. The van der Waals surface area contributed by atoms with Crippen molar-refractivity contribution in [2.24, 2.45) is 5.73 Å². The van der Waals surface area contributed by atoms with Crippen LogP contribution >= 0.6 is 23.5 Å². The van der Waals surface area contributed by atoms with Gasteiger partial charge < -0.3 is 15.2 Å². The molecule has 0 saturated carbocycles. The molecular formula is C21H23NO4S2. The predicted molar refractivity (Wildman–Crippen MR) is 113 cm³/mol. The molecule has 0 aromatic heterocycles. The molecule has 28 heavy (non-hydrogen) atoms. The third-order valence-electron chi connectivity index (χ3n) is 4.27. The summed E-state index contributed by atoms with van der Waals surface area (Å²) < 4.78 is 10.9. The van der Waals surface area contributed by atoms with E-state index in [-0.39, 0.29) is 12.6 Å². The van der Waals surface area contributed by atoms with Gasteiger partial charge in [-0.15, -0.1) is 23.5 Å². The van der Waals surface area contributed by atoms with Crippen LogP contribution in [0.25, 0.3) is 0 Å². The molecule has 148 valence electrons. The molecule has 2 aromatic rings. The molecule has 2 aromatic carbocycles. The fourth-order valence-electron chi connectivity index (χ4n) is 3.14. The second kappa shape index (κ2) is 9.39. The van der Waals surface area contributed by atoms with E-state index in [9.17, 15) is 9.59 Å². The van der Waals surface area contributed by atoms with Crippen LogP contribution in [0.15, 0.2) is 54.6 Å². The quantitative estimate of drug-likeness (QED) is 0.689.